The van der Waals surface area contributed by atoms with Crippen LogP contribution in [0.3, 0.4) is 0 Å². The number of likely N-dealkylation sites (tertiary alicyclic amines) is 1. The minimum atomic E-state index is -1.53. The Morgan fingerprint density at radius 1 is 1.36 bits per heavy atom. The van der Waals surface area contributed by atoms with E-state index in [9.17, 15) is 20.1 Å². The van der Waals surface area contributed by atoms with Gasteiger partial charge in [-0.1, -0.05) is 29.3 Å². The first kappa shape index (κ1) is 15.9. The number of β-amino-alcohol motifs (C(OH)–C–C–N with tert-alkyl or cyclic N) is 1. The number of amides is 1. The number of nitrogens with zero attached hydrogens (tertiary/aromatic N) is 1. The van der Waals surface area contributed by atoms with E-state index in [-0.39, 0.29) is 12.6 Å². The smallest absolute Gasteiger partial charge is 0.407 e. The van der Waals surface area contributed by atoms with Crippen LogP contribution in [-0.2, 0) is 5.41 Å². The first-order valence-electron chi connectivity index (χ1n) is 7.11. The quantitative estimate of drug-likeness (QED) is 0.769. The highest BCUT2D eigenvalue weighted by molar-refractivity contribution is 6.42. The highest BCUT2D eigenvalue weighted by atomic mass is 35.5. The third kappa shape index (κ3) is 2.11. The summed E-state index contributed by atoms with van der Waals surface area (Å²) in [5, 5.41) is 30.9. The number of aliphatic hydroxyl groups excluding tert-OH is 1. The van der Waals surface area contributed by atoms with Gasteiger partial charge >= 0.3 is 6.09 Å². The summed E-state index contributed by atoms with van der Waals surface area (Å²) in [4.78, 5) is 12.6. The van der Waals surface area contributed by atoms with Gasteiger partial charge < -0.3 is 20.2 Å². The first-order valence-corrected chi connectivity index (χ1v) is 7.87. The standard InChI is InChI=1S/C15H17Cl2NO4/c16-11-2-1-9(5-12(11)17)14-4-3-10(6-14)18(13(20)21)7-15(14,22)8-19/h1-2,5,10,19,22H,3-4,6-8H2,(H,20,21)/t10-,14+,15-/m1/s1. The largest absolute Gasteiger partial charge is 0.465 e. The Hall–Kier alpha value is -1.01. The average Bonchev–Trinajstić information content (AvgIpc) is 2.89. The predicted molar refractivity (Wildman–Crippen MR) is 82.5 cm³/mol. The van der Waals surface area contributed by atoms with Crippen molar-refractivity contribution in [2.45, 2.75) is 36.3 Å². The molecule has 3 atom stereocenters. The monoisotopic (exact) mass is 345 g/mol. The summed E-state index contributed by atoms with van der Waals surface area (Å²) < 4.78 is 0. The molecule has 0 radical (unpaired) electrons. The van der Waals surface area contributed by atoms with E-state index in [0.717, 1.165) is 5.56 Å². The summed E-state index contributed by atoms with van der Waals surface area (Å²) in [6.07, 6.45) is 0.640. The Balaban J connectivity index is 2.08. The topological polar surface area (TPSA) is 81.0 Å². The fraction of sp³-hybridized carbons (Fsp3) is 0.533. The predicted octanol–water partition coefficient (Wildman–Crippen LogP) is 2.50. The van der Waals surface area contributed by atoms with Crippen molar-refractivity contribution >= 4 is 29.3 Å². The van der Waals surface area contributed by atoms with E-state index in [4.69, 9.17) is 23.2 Å². The highest BCUT2D eigenvalue weighted by Gasteiger charge is 2.61. The lowest BCUT2D eigenvalue weighted by Gasteiger charge is -2.50. The van der Waals surface area contributed by atoms with Gasteiger partial charge in [0.25, 0.3) is 0 Å². The van der Waals surface area contributed by atoms with Crippen LogP contribution in [0.25, 0.3) is 0 Å². The van der Waals surface area contributed by atoms with Gasteiger partial charge in [0.05, 0.1) is 23.2 Å². The van der Waals surface area contributed by atoms with Gasteiger partial charge in [0.2, 0.25) is 0 Å². The molecule has 1 aliphatic heterocycles. The van der Waals surface area contributed by atoms with Gasteiger partial charge in [-0.15, -0.1) is 0 Å². The molecule has 1 aromatic rings. The van der Waals surface area contributed by atoms with Crippen molar-refractivity contribution in [3.8, 4) is 0 Å². The third-order valence-electron chi connectivity index (χ3n) is 5.23. The molecule has 2 bridgehead atoms. The Bertz CT molecular complexity index is 626. The van der Waals surface area contributed by atoms with Crippen molar-refractivity contribution in [2.75, 3.05) is 13.2 Å². The maximum absolute atomic E-state index is 11.4. The number of carboxylic acid groups (broad SMARTS) is 1. The Morgan fingerprint density at radius 2 is 2.09 bits per heavy atom. The molecule has 3 N–H and O–H groups in total. The van der Waals surface area contributed by atoms with Crippen molar-refractivity contribution in [1.29, 1.82) is 0 Å². The zero-order chi connectivity index (χ0) is 16.1. The summed E-state index contributed by atoms with van der Waals surface area (Å²) in [5.74, 6) is 0. The summed E-state index contributed by atoms with van der Waals surface area (Å²) in [7, 11) is 0. The van der Waals surface area contributed by atoms with Crippen LogP contribution in [0.15, 0.2) is 18.2 Å². The van der Waals surface area contributed by atoms with E-state index in [1.54, 1.807) is 18.2 Å². The second-order valence-corrected chi connectivity index (χ2v) is 7.02. The van der Waals surface area contributed by atoms with Gasteiger partial charge in [0.1, 0.15) is 5.60 Å². The van der Waals surface area contributed by atoms with E-state index in [1.807, 2.05) is 0 Å². The van der Waals surface area contributed by atoms with E-state index in [1.165, 1.54) is 4.90 Å². The number of piperidine rings is 1. The van der Waals surface area contributed by atoms with Crippen LogP contribution in [0.4, 0.5) is 4.79 Å². The number of aliphatic hydroxyl groups is 2. The second-order valence-electron chi connectivity index (χ2n) is 6.21. The fourth-order valence-corrected chi connectivity index (χ4v) is 4.32. The Kier molecular flexibility index (Phi) is 3.80. The molecule has 0 unspecified atom stereocenters. The van der Waals surface area contributed by atoms with Crippen molar-refractivity contribution in [2.24, 2.45) is 0 Å². The van der Waals surface area contributed by atoms with E-state index >= 15 is 0 Å². The molecule has 1 saturated carbocycles. The molecule has 7 heteroatoms. The molecule has 1 amide bonds. The zero-order valence-corrected chi connectivity index (χ0v) is 13.3. The van der Waals surface area contributed by atoms with E-state index < -0.39 is 23.7 Å². The molecule has 3 rings (SSSR count). The number of hydrogen-bond donors (Lipinski definition) is 3. The molecular formula is C15H17Cl2NO4. The minimum Gasteiger partial charge on any atom is -0.465 e. The normalized spacial score (nSPS) is 34.0. The van der Waals surface area contributed by atoms with Gasteiger partial charge in [-0.05, 0) is 37.0 Å². The lowest BCUT2D eigenvalue weighted by Crippen LogP contribution is -2.64. The van der Waals surface area contributed by atoms with Crippen LogP contribution in [0.2, 0.25) is 10.0 Å². The van der Waals surface area contributed by atoms with Gasteiger partial charge in [0.15, 0.2) is 0 Å². The molecule has 1 aliphatic carbocycles. The van der Waals surface area contributed by atoms with E-state index in [0.29, 0.717) is 29.3 Å². The van der Waals surface area contributed by atoms with Crippen LogP contribution in [0, 0.1) is 0 Å². The number of halogens is 2. The van der Waals surface area contributed by atoms with E-state index in [2.05, 4.69) is 0 Å². The van der Waals surface area contributed by atoms with Gasteiger partial charge in [-0.25, -0.2) is 4.79 Å². The van der Waals surface area contributed by atoms with Gasteiger partial charge in [-0.2, -0.15) is 0 Å². The number of rotatable bonds is 2. The van der Waals surface area contributed by atoms with Crippen LogP contribution >= 0.6 is 23.2 Å². The maximum atomic E-state index is 11.4. The number of hydrogen-bond acceptors (Lipinski definition) is 3. The molecule has 2 fully saturated rings. The Labute approximate surface area is 138 Å². The molecule has 1 aromatic carbocycles. The van der Waals surface area contributed by atoms with Crippen molar-refractivity contribution < 1.29 is 20.1 Å². The molecule has 0 spiro atoms. The lowest BCUT2D eigenvalue weighted by molar-refractivity contribution is -0.114. The maximum Gasteiger partial charge on any atom is 0.407 e. The lowest BCUT2D eigenvalue weighted by atomic mass is 9.64. The molecule has 0 aromatic heterocycles. The molecule has 120 valence electrons. The molecule has 5 nitrogen and oxygen atoms in total. The third-order valence-corrected chi connectivity index (χ3v) is 5.97. The van der Waals surface area contributed by atoms with Crippen molar-refractivity contribution in [3.05, 3.63) is 33.8 Å². The number of fused-ring (bicyclic) bond motifs is 2. The van der Waals surface area contributed by atoms with Crippen molar-refractivity contribution in [3.63, 3.8) is 0 Å². The molecule has 1 heterocycles. The van der Waals surface area contributed by atoms with Crippen LogP contribution in [-0.4, -0.2) is 51.1 Å². The fourth-order valence-electron chi connectivity index (χ4n) is 4.02. The molecule has 2 aliphatic rings. The number of benzene rings is 1. The second kappa shape index (κ2) is 5.27. The zero-order valence-electron chi connectivity index (χ0n) is 11.8. The van der Waals surface area contributed by atoms with Crippen LogP contribution in [0.1, 0.15) is 24.8 Å². The summed E-state index contributed by atoms with van der Waals surface area (Å²) in [5.41, 5.74) is -1.44. The minimum absolute atomic E-state index is 0.107. The summed E-state index contributed by atoms with van der Waals surface area (Å²) in [6, 6.07) is 5.03. The first-order chi connectivity index (χ1) is 10.3. The van der Waals surface area contributed by atoms with Crippen LogP contribution in [0.5, 0.6) is 0 Å². The summed E-state index contributed by atoms with van der Waals surface area (Å²) >= 11 is 12.1. The number of carbonyl (C=O) groups is 1. The molecule has 1 saturated heterocycles. The SMILES string of the molecule is O=C(O)N1C[C@@](O)(CO)[C@@]2(c3ccc(Cl)c(Cl)c3)CC[C@@H]1C2. The van der Waals surface area contributed by atoms with Crippen LogP contribution < -0.4 is 0 Å². The Morgan fingerprint density at radius 3 is 2.68 bits per heavy atom. The van der Waals surface area contributed by atoms with Crippen molar-refractivity contribution in [1.82, 2.24) is 4.90 Å². The highest BCUT2D eigenvalue weighted by Crippen LogP contribution is 2.54. The molecular weight excluding hydrogens is 329 g/mol. The van der Waals surface area contributed by atoms with Gasteiger partial charge in [-0.3, -0.25) is 0 Å². The summed E-state index contributed by atoms with van der Waals surface area (Å²) in [6.45, 7) is -0.618. The van der Waals surface area contributed by atoms with Gasteiger partial charge in [0, 0.05) is 11.5 Å². The molecule has 22 heavy (non-hydrogen) atoms. The average molecular weight is 346 g/mol.